The number of alkyl halides is 1. The maximum absolute atomic E-state index is 13.8. The fraction of sp³-hybridized carbons (Fsp3) is 0.500. The van der Waals surface area contributed by atoms with Crippen LogP contribution in [0.1, 0.15) is 44.9 Å². The minimum atomic E-state index is -0.858. The van der Waals surface area contributed by atoms with Gasteiger partial charge in [-0.3, -0.25) is 0 Å². The lowest BCUT2D eigenvalue weighted by Crippen LogP contribution is -2.53. The number of benzene rings is 1. The molecule has 0 saturated carbocycles. The fourth-order valence-corrected chi connectivity index (χ4v) is 3.92. The molecule has 1 aliphatic heterocycles. The van der Waals surface area contributed by atoms with Gasteiger partial charge in [0.25, 0.3) is 0 Å². The van der Waals surface area contributed by atoms with Crippen molar-refractivity contribution in [1.29, 1.82) is 0 Å². The summed E-state index contributed by atoms with van der Waals surface area (Å²) in [6.07, 6.45) is 2.12. The maximum atomic E-state index is 13.8. The van der Waals surface area contributed by atoms with Gasteiger partial charge in [-0.1, -0.05) is 44.2 Å². The molecule has 2 aromatic rings. The summed E-state index contributed by atoms with van der Waals surface area (Å²) in [4.78, 5) is 11.8. The average molecular weight is 325 g/mol. The Bertz CT molecular complexity index is 755. The molecule has 0 radical (unpaired) electrons. The number of hydrogen-bond acceptors (Lipinski definition) is 3. The highest BCUT2D eigenvalue weighted by molar-refractivity contribution is 5.67. The third-order valence-electron chi connectivity index (χ3n) is 5.54. The van der Waals surface area contributed by atoms with Gasteiger partial charge in [0.1, 0.15) is 6.17 Å². The van der Waals surface area contributed by atoms with Crippen molar-refractivity contribution in [3.63, 3.8) is 0 Å². The molecule has 4 rings (SSSR count). The van der Waals surface area contributed by atoms with Crippen molar-refractivity contribution >= 4 is 5.95 Å². The van der Waals surface area contributed by atoms with E-state index in [1.807, 2.05) is 23.1 Å². The minimum absolute atomic E-state index is 0.0538. The summed E-state index contributed by atoms with van der Waals surface area (Å²) in [5, 5.41) is 0. The van der Waals surface area contributed by atoms with Gasteiger partial charge in [0.05, 0.1) is 17.4 Å². The van der Waals surface area contributed by atoms with Crippen molar-refractivity contribution < 1.29 is 4.39 Å². The summed E-state index contributed by atoms with van der Waals surface area (Å²) < 4.78 is 13.8. The van der Waals surface area contributed by atoms with Crippen LogP contribution < -0.4 is 4.90 Å². The van der Waals surface area contributed by atoms with Gasteiger partial charge in [0.2, 0.25) is 5.95 Å². The normalized spacial score (nSPS) is 22.8. The van der Waals surface area contributed by atoms with Gasteiger partial charge >= 0.3 is 0 Å². The smallest absolute Gasteiger partial charge is 0.226 e. The second kappa shape index (κ2) is 5.54. The Labute approximate surface area is 142 Å². The topological polar surface area (TPSA) is 29.0 Å². The second-order valence-electron chi connectivity index (χ2n) is 7.68. The number of nitrogens with zero attached hydrogens (tertiary/aromatic N) is 3. The number of hydrogen-bond donors (Lipinski definition) is 0. The molecule has 0 N–H and O–H groups in total. The van der Waals surface area contributed by atoms with Crippen LogP contribution in [-0.2, 0) is 11.8 Å². The molecule has 2 aliphatic rings. The molecule has 2 atom stereocenters. The van der Waals surface area contributed by atoms with Crippen LogP contribution >= 0.6 is 0 Å². The Kier molecular flexibility index (Phi) is 3.59. The van der Waals surface area contributed by atoms with E-state index in [9.17, 15) is 4.39 Å². The Morgan fingerprint density at radius 2 is 1.96 bits per heavy atom. The van der Waals surface area contributed by atoms with E-state index in [1.54, 1.807) is 6.92 Å². The van der Waals surface area contributed by atoms with Crippen molar-refractivity contribution in [1.82, 2.24) is 9.97 Å². The van der Waals surface area contributed by atoms with Crippen molar-refractivity contribution in [3.05, 3.63) is 41.6 Å². The Balaban J connectivity index is 1.85. The molecule has 1 fully saturated rings. The molecule has 0 bridgehead atoms. The van der Waals surface area contributed by atoms with Crippen LogP contribution in [0.25, 0.3) is 11.3 Å². The van der Waals surface area contributed by atoms with Crippen molar-refractivity contribution in [2.75, 3.05) is 11.4 Å². The Hall–Kier alpha value is -1.97. The lowest BCUT2D eigenvalue weighted by Gasteiger charge is -2.42. The summed E-state index contributed by atoms with van der Waals surface area (Å²) in [5.74, 6) is 0.698. The first-order chi connectivity index (χ1) is 11.5. The SMILES string of the molecule is CC(F)[C@H]1CCN1c1nc(-c2ccccc2)c2c(n1)C(C)(C)CC2. The summed E-state index contributed by atoms with van der Waals surface area (Å²) in [5.41, 5.74) is 4.61. The van der Waals surface area contributed by atoms with E-state index in [0.29, 0.717) is 5.95 Å². The number of anilines is 1. The highest BCUT2D eigenvalue weighted by Gasteiger charge is 2.39. The molecular weight excluding hydrogens is 301 g/mol. The van der Waals surface area contributed by atoms with Crippen LogP contribution in [0, 0.1) is 0 Å². The van der Waals surface area contributed by atoms with Crippen LogP contribution in [0.5, 0.6) is 0 Å². The van der Waals surface area contributed by atoms with Crippen LogP contribution in [0.2, 0.25) is 0 Å². The van der Waals surface area contributed by atoms with E-state index in [1.165, 1.54) is 5.56 Å². The fourth-order valence-electron chi connectivity index (χ4n) is 3.92. The van der Waals surface area contributed by atoms with Gasteiger partial charge in [-0.2, -0.15) is 0 Å². The molecule has 0 spiro atoms. The predicted molar refractivity (Wildman–Crippen MR) is 95.1 cm³/mol. The van der Waals surface area contributed by atoms with Gasteiger partial charge in [0, 0.05) is 23.1 Å². The Morgan fingerprint density at radius 1 is 1.21 bits per heavy atom. The third-order valence-corrected chi connectivity index (χ3v) is 5.54. The molecule has 1 aromatic heterocycles. The molecule has 1 saturated heterocycles. The summed E-state index contributed by atoms with van der Waals surface area (Å²) in [6.45, 7) is 6.96. The molecule has 24 heavy (non-hydrogen) atoms. The van der Waals surface area contributed by atoms with E-state index in [-0.39, 0.29) is 11.5 Å². The molecule has 2 heterocycles. The monoisotopic (exact) mass is 325 g/mol. The van der Waals surface area contributed by atoms with E-state index in [0.717, 1.165) is 42.8 Å². The van der Waals surface area contributed by atoms with Crippen molar-refractivity contribution in [2.24, 2.45) is 0 Å². The minimum Gasteiger partial charge on any atom is -0.335 e. The first-order valence-corrected chi connectivity index (χ1v) is 8.85. The number of fused-ring (bicyclic) bond motifs is 1. The zero-order valence-electron chi connectivity index (χ0n) is 14.6. The van der Waals surface area contributed by atoms with Gasteiger partial charge in [-0.25, -0.2) is 14.4 Å². The van der Waals surface area contributed by atoms with Crippen LogP contribution in [0.15, 0.2) is 30.3 Å². The molecule has 126 valence electrons. The largest absolute Gasteiger partial charge is 0.335 e. The molecule has 1 aromatic carbocycles. The van der Waals surface area contributed by atoms with E-state index < -0.39 is 6.17 Å². The highest BCUT2D eigenvalue weighted by Crippen LogP contribution is 2.42. The summed E-state index contributed by atoms with van der Waals surface area (Å²) >= 11 is 0. The van der Waals surface area contributed by atoms with Gasteiger partial charge < -0.3 is 4.90 Å². The maximum Gasteiger partial charge on any atom is 0.226 e. The Morgan fingerprint density at radius 3 is 2.58 bits per heavy atom. The molecule has 4 heteroatoms. The molecule has 1 unspecified atom stereocenters. The van der Waals surface area contributed by atoms with Crippen molar-refractivity contribution in [2.45, 2.75) is 57.7 Å². The van der Waals surface area contributed by atoms with Gasteiger partial charge in [0.15, 0.2) is 0 Å². The van der Waals surface area contributed by atoms with Crippen molar-refractivity contribution in [3.8, 4) is 11.3 Å². The standard InChI is InChI=1S/C20H24FN3/c1-13(21)16-10-12-24(16)19-22-17(14-7-5-4-6-8-14)15-9-11-20(2,3)18(15)23-19/h4-8,13,16H,9-12H2,1-3H3/t13?,16-/m1/s1. The molecular formula is C20H24FN3. The highest BCUT2D eigenvalue weighted by atomic mass is 19.1. The van der Waals surface area contributed by atoms with E-state index >= 15 is 0 Å². The second-order valence-corrected chi connectivity index (χ2v) is 7.68. The van der Waals surface area contributed by atoms with Gasteiger partial charge in [-0.05, 0) is 26.2 Å². The predicted octanol–water partition coefficient (Wildman–Crippen LogP) is 4.30. The third kappa shape index (κ3) is 2.40. The molecule has 3 nitrogen and oxygen atoms in total. The zero-order valence-corrected chi connectivity index (χ0v) is 14.6. The van der Waals surface area contributed by atoms with Crippen LogP contribution in [0.3, 0.4) is 0 Å². The number of aromatic nitrogens is 2. The zero-order chi connectivity index (χ0) is 16.9. The van der Waals surface area contributed by atoms with Crippen LogP contribution in [-0.4, -0.2) is 28.7 Å². The lowest BCUT2D eigenvalue weighted by atomic mass is 9.90. The van der Waals surface area contributed by atoms with Crippen LogP contribution in [0.4, 0.5) is 10.3 Å². The first-order valence-electron chi connectivity index (χ1n) is 8.85. The number of halogens is 1. The summed E-state index contributed by atoms with van der Waals surface area (Å²) in [6, 6.07) is 10.2. The lowest BCUT2D eigenvalue weighted by molar-refractivity contribution is 0.242. The first kappa shape index (κ1) is 15.6. The summed E-state index contributed by atoms with van der Waals surface area (Å²) in [7, 11) is 0. The molecule has 1 aliphatic carbocycles. The quantitative estimate of drug-likeness (QED) is 0.842. The van der Waals surface area contributed by atoms with Gasteiger partial charge in [-0.15, -0.1) is 0 Å². The van der Waals surface area contributed by atoms with E-state index in [2.05, 4.69) is 26.0 Å². The average Bonchev–Trinajstić information content (AvgIpc) is 2.81. The van der Waals surface area contributed by atoms with E-state index in [4.69, 9.17) is 9.97 Å². The molecule has 0 amide bonds. The number of rotatable bonds is 3.